The number of pyridine rings is 2. The smallest absolute Gasteiger partial charge is 0.445 e. The molecule has 4 aromatic heterocycles. The van der Waals surface area contributed by atoms with Crippen LogP contribution in [0.5, 0.6) is 5.75 Å². The lowest BCUT2D eigenvalue weighted by Crippen LogP contribution is -2.54. The van der Waals surface area contributed by atoms with E-state index in [9.17, 15) is 46.7 Å². The molecule has 0 aliphatic carbocycles. The van der Waals surface area contributed by atoms with Crippen LogP contribution in [0.3, 0.4) is 0 Å². The summed E-state index contributed by atoms with van der Waals surface area (Å²) >= 11 is 0. The molecule has 87 heavy (non-hydrogen) atoms. The van der Waals surface area contributed by atoms with E-state index in [4.69, 9.17) is 34.4 Å². The second-order valence-corrected chi connectivity index (χ2v) is 19.9. The van der Waals surface area contributed by atoms with Crippen LogP contribution in [0.1, 0.15) is 55.8 Å². The van der Waals surface area contributed by atoms with Gasteiger partial charge in [0, 0.05) is 53.8 Å². The first-order chi connectivity index (χ1) is 41.8. The number of aromatic amines is 1. The molecule has 5 heterocycles. The van der Waals surface area contributed by atoms with Crippen molar-refractivity contribution in [2.45, 2.75) is 78.2 Å². The number of nitrogens with one attached hydrogen (secondary N) is 5. The van der Waals surface area contributed by atoms with Crippen molar-refractivity contribution in [1.29, 1.82) is 0 Å². The van der Waals surface area contributed by atoms with E-state index in [0.29, 0.717) is 45.2 Å². The molecule has 1 aliphatic rings. The standard InChI is InChI=1S/C58H68F3N13O13/c1-37(2)51(71-48(75)21-24-82-26-28-84-30-31-85-29-27-83-25-23-73-49(76)19-20-50(73)77)55(79)68-44(11-7-22-63-56(62)80)54(78)67-42-16-13-39(14-17-42)35-86-57(81)72(32-40-9-4-5-12-45(40)87-58(59,60)61)34-46-69-52(41-15-18-47-64-36-65-74(47)33-41)53(70-46)43-10-6-8-38(3)66-43/h4-6,8-10,12-20,33,36-37,44,51H,7,11,21-32,34-35H2,1-3H3,(H,67,78)(H,68,79)(H,69,70)(H,71,75)(H3,62,63,80)/t44-,51?/m0/s1. The highest BCUT2D eigenvalue weighted by Crippen LogP contribution is 2.32. The van der Waals surface area contributed by atoms with Gasteiger partial charge in [0.15, 0.2) is 5.65 Å². The highest BCUT2D eigenvalue weighted by Gasteiger charge is 2.33. The van der Waals surface area contributed by atoms with Gasteiger partial charge in [-0.25, -0.2) is 24.1 Å². The van der Waals surface area contributed by atoms with Gasteiger partial charge in [0.2, 0.25) is 17.7 Å². The fourth-order valence-corrected chi connectivity index (χ4v) is 8.67. The SMILES string of the molecule is Cc1cccc(-c2nc(CN(Cc3ccccc3OC(F)(F)F)C(=O)OCc3ccc(NC(=O)[C@H](CCCNC(N)=O)NC(=O)C(NC(=O)CCOCCOCCOCCOCCN4C(=O)C=CC4=O)C(C)C)cc3)[nH]c2-c2ccc3ncnn3c2)n1. The largest absolute Gasteiger partial charge is 0.573 e. The number of nitrogens with two attached hydrogens (primary N) is 1. The van der Waals surface area contributed by atoms with E-state index in [1.807, 2.05) is 25.1 Å². The average molecular weight is 1210 g/mol. The first-order valence-corrected chi connectivity index (χ1v) is 27.8. The summed E-state index contributed by atoms with van der Waals surface area (Å²) in [6, 6.07) is 17.6. The number of para-hydroxylation sites is 1. The van der Waals surface area contributed by atoms with Crippen LogP contribution in [0, 0.1) is 12.8 Å². The molecule has 7 rings (SSSR count). The Morgan fingerprint density at radius 3 is 2.15 bits per heavy atom. The Balaban J connectivity index is 0.918. The van der Waals surface area contributed by atoms with Crippen LogP contribution in [-0.2, 0) is 67.4 Å². The lowest BCUT2D eigenvalue weighted by Gasteiger charge is -2.25. The minimum Gasteiger partial charge on any atom is -0.445 e. The molecular formula is C58H68F3N13O13. The maximum Gasteiger partial charge on any atom is 0.573 e. The Bertz CT molecular complexity index is 3320. The zero-order valence-electron chi connectivity index (χ0n) is 48.0. The number of fused-ring (bicyclic) bond motifs is 1. The highest BCUT2D eigenvalue weighted by atomic mass is 19.4. The van der Waals surface area contributed by atoms with E-state index in [-0.39, 0.29) is 122 Å². The number of alkyl halides is 3. The molecule has 0 radical (unpaired) electrons. The van der Waals surface area contributed by atoms with Gasteiger partial charge in [-0.3, -0.25) is 38.8 Å². The number of amides is 8. The number of imidazole rings is 1. The molecule has 0 bridgehead atoms. The number of imide groups is 1. The van der Waals surface area contributed by atoms with Crippen LogP contribution in [-0.4, -0.2) is 165 Å². The zero-order valence-corrected chi connectivity index (χ0v) is 48.0. The summed E-state index contributed by atoms with van der Waals surface area (Å²) in [4.78, 5) is 109. The van der Waals surface area contributed by atoms with E-state index < -0.39 is 66.5 Å². The topological polar surface area (TPSA) is 327 Å². The molecule has 26 nitrogen and oxygen atoms in total. The number of anilines is 1. The van der Waals surface area contributed by atoms with Crippen molar-refractivity contribution in [3.63, 3.8) is 0 Å². The van der Waals surface area contributed by atoms with Gasteiger partial charge in [-0.15, -0.1) is 13.2 Å². The Labute approximate surface area is 497 Å². The number of halogens is 3. The third-order valence-electron chi connectivity index (χ3n) is 13.0. The van der Waals surface area contributed by atoms with Crippen molar-refractivity contribution >= 4 is 53.0 Å². The van der Waals surface area contributed by atoms with Crippen molar-refractivity contribution in [2.24, 2.45) is 11.7 Å². The Hall–Kier alpha value is -9.32. The van der Waals surface area contributed by atoms with Gasteiger partial charge in [-0.05, 0) is 73.7 Å². The molecule has 0 fully saturated rings. The fourth-order valence-electron chi connectivity index (χ4n) is 8.67. The van der Waals surface area contributed by atoms with Gasteiger partial charge in [-0.1, -0.05) is 50.2 Å². The van der Waals surface area contributed by atoms with Gasteiger partial charge >= 0.3 is 18.5 Å². The van der Waals surface area contributed by atoms with Crippen molar-refractivity contribution in [3.8, 4) is 28.4 Å². The van der Waals surface area contributed by atoms with Crippen molar-refractivity contribution in [2.75, 3.05) is 71.3 Å². The summed E-state index contributed by atoms with van der Waals surface area (Å²) in [5, 5.41) is 14.9. The number of carbonyl (C=O) groups excluding carboxylic acids is 7. The molecular weight excluding hydrogens is 1140 g/mol. The molecule has 7 N–H and O–H groups in total. The van der Waals surface area contributed by atoms with Gasteiger partial charge in [0.25, 0.3) is 11.8 Å². The lowest BCUT2D eigenvalue weighted by molar-refractivity contribution is -0.275. The molecule has 1 aliphatic heterocycles. The number of aromatic nitrogens is 6. The van der Waals surface area contributed by atoms with E-state index in [1.54, 1.807) is 48.8 Å². The molecule has 2 atom stereocenters. The molecule has 464 valence electrons. The summed E-state index contributed by atoms with van der Waals surface area (Å²) in [7, 11) is 0. The van der Waals surface area contributed by atoms with Gasteiger partial charge in [0.1, 0.15) is 42.3 Å². The summed E-state index contributed by atoms with van der Waals surface area (Å²) in [5.74, 6) is -3.17. The predicted molar refractivity (Wildman–Crippen MR) is 305 cm³/mol. The van der Waals surface area contributed by atoms with E-state index in [0.717, 1.165) is 15.9 Å². The van der Waals surface area contributed by atoms with Gasteiger partial charge in [-0.2, -0.15) is 5.10 Å². The molecule has 29 heteroatoms. The second kappa shape index (κ2) is 32.3. The maximum absolute atomic E-state index is 14.2. The van der Waals surface area contributed by atoms with Crippen LogP contribution in [0.2, 0.25) is 0 Å². The quantitative estimate of drug-likeness (QED) is 0.0225. The molecule has 8 amide bonds. The Morgan fingerprint density at radius 2 is 1.47 bits per heavy atom. The number of ether oxygens (including phenoxy) is 6. The van der Waals surface area contributed by atoms with Gasteiger partial charge < -0.3 is 60.4 Å². The van der Waals surface area contributed by atoms with Crippen LogP contribution in [0.15, 0.2) is 104 Å². The summed E-state index contributed by atoms with van der Waals surface area (Å²) in [6.07, 6.45) is -0.189. The highest BCUT2D eigenvalue weighted by molar-refractivity contribution is 6.12. The molecule has 2 aromatic carbocycles. The minimum absolute atomic E-state index is 0.0187. The van der Waals surface area contributed by atoms with Crippen molar-refractivity contribution in [3.05, 3.63) is 126 Å². The first-order valence-electron chi connectivity index (χ1n) is 27.8. The zero-order chi connectivity index (χ0) is 62.3. The maximum atomic E-state index is 14.2. The number of aryl methyl sites for hydroxylation is 1. The van der Waals surface area contributed by atoms with Crippen molar-refractivity contribution in [1.82, 2.24) is 55.3 Å². The number of primary amides is 1. The van der Waals surface area contributed by atoms with Crippen LogP contribution in [0.25, 0.3) is 28.3 Å². The summed E-state index contributed by atoms with van der Waals surface area (Å²) in [6.45, 7) is 6.28. The number of H-pyrrole nitrogens is 1. The van der Waals surface area contributed by atoms with E-state index in [1.165, 1.54) is 48.8 Å². The third kappa shape index (κ3) is 20.7. The average Bonchev–Trinajstić information content (AvgIpc) is 1.88. The number of urea groups is 1. The van der Waals surface area contributed by atoms with Crippen LogP contribution >= 0.6 is 0 Å². The second-order valence-electron chi connectivity index (χ2n) is 19.9. The normalized spacial score (nSPS) is 13.0. The first kappa shape index (κ1) is 65.2. The van der Waals surface area contributed by atoms with Crippen molar-refractivity contribution < 1.29 is 75.2 Å². The molecule has 0 spiro atoms. The van der Waals surface area contributed by atoms with E-state index >= 15 is 0 Å². The number of hydrogen-bond acceptors (Lipinski definition) is 17. The Morgan fingerprint density at radius 1 is 0.782 bits per heavy atom. The molecule has 0 saturated carbocycles. The number of carbonyl (C=O) groups is 7. The summed E-state index contributed by atoms with van der Waals surface area (Å²) < 4.78 is 74.3. The lowest BCUT2D eigenvalue weighted by atomic mass is 10.0. The number of benzene rings is 2. The monoisotopic (exact) mass is 1210 g/mol. The van der Waals surface area contributed by atoms with Gasteiger partial charge in [0.05, 0.1) is 83.9 Å². The minimum atomic E-state index is -5.03. The third-order valence-corrected chi connectivity index (χ3v) is 13.0. The molecule has 0 saturated heterocycles. The van der Waals surface area contributed by atoms with E-state index in [2.05, 4.69) is 46.1 Å². The Kier molecular flexibility index (Phi) is 24.2. The number of rotatable bonds is 34. The number of hydrogen-bond donors (Lipinski definition) is 6. The summed E-state index contributed by atoms with van der Waals surface area (Å²) in [5.41, 5.74) is 9.40. The predicted octanol–water partition coefficient (Wildman–Crippen LogP) is 5.12. The van der Waals surface area contributed by atoms with Crippen LogP contribution in [0.4, 0.5) is 28.4 Å². The number of nitrogens with zero attached hydrogens (tertiary/aromatic N) is 7. The fraction of sp³-hybridized carbons (Fsp3) is 0.397. The molecule has 1 unspecified atom stereocenters. The molecule has 6 aromatic rings. The van der Waals surface area contributed by atoms with Crippen LogP contribution < -0.4 is 31.7 Å².